The summed E-state index contributed by atoms with van der Waals surface area (Å²) >= 11 is 3.46. The first-order valence-electron chi connectivity index (χ1n) is 5.49. The summed E-state index contributed by atoms with van der Waals surface area (Å²) in [5, 5.41) is 0. The van der Waals surface area contributed by atoms with Gasteiger partial charge in [0.2, 0.25) is 5.91 Å². The van der Waals surface area contributed by atoms with Gasteiger partial charge in [0.15, 0.2) is 0 Å². The maximum Gasteiger partial charge on any atom is 0.219 e. The average Bonchev–Trinajstić information content (AvgIpc) is 2.29. The van der Waals surface area contributed by atoms with E-state index in [1.54, 1.807) is 13.1 Å². The Labute approximate surface area is 109 Å². The van der Waals surface area contributed by atoms with Crippen LogP contribution in [0.1, 0.15) is 6.92 Å². The van der Waals surface area contributed by atoms with Gasteiger partial charge in [0.1, 0.15) is 5.82 Å². The van der Waals surface area contributed by atoms with Crippen LogP contribution in [-0.2, 0) is 4.79 Å². The van der Waals surface area contributed by atoms with Crippen LogP contribution in [0.15, 0.2) is 16.7 Å². The zero-order valence-electron chi connectivity index (χ0n) is 9.69. The molecule has 1 fully saturated rings. The summed E-state index contributed by atoms with van der Waals surface area (Å²) < 4.78 is 0.897. The second kappa shape index (κ2) is 4.91. The van der Waals surface area contributed by atoms with Crippen LogP contribution in [0.25, 0.3) is 0 Å². The molecule has 6 heteroatoms. The van der Waals surface area contributed by atoms with Crippen LogP contribution in [0.2, 0.25) is 0 Å². The number of amides is 1. The number of carbonyl (C=O) groups is 1. The predicted molar refractivity (Wildman–Crippen MR) is 70.8 cm³/mol. The van der Waals surface area contributed by atoms with Crippen LogP contribution >= 0.6 is 15.9 Å². The van der Waals surface area contributed by atoms with E-state index in [2.05, 4.69) is 25.8 Å². The van der Waals surface area contributed by atoms with Crippen molar-refractivity contribution in [1.29, 1.82) is 0 Å². The van der Waals surface area contributed by atoms with Gasteiger partial charge in [-0.1, -0.05) is 0 Å². The van der Waals surface area contributed by atoms with Gasteiger partial charge in [0, 0.05) is 33.1 Å². The van der Waals surface area contributed by atoms with Crippen molar-refractivity contribution in [2.75, 3.05) is 36.8 Å². The molecule has 0 atom stereocenters. The van der Waals surface area contributed by atoms with E-state index in [1.165, 1.54) is 0 Å². The number of nitrogens with two attached hydrogens (primary N) is 1. The van der Waals surface area contributed by atoms with Crippen molar-refractivity contribution in [2.45, 2.75) is 6.92 Å². The Bertz CT molecular complexity index is 429. The van der Waals surface area contributed by atoms with Crippen molar-refractivity contribution in [3.63, 3.8) is 0 Å². The molecule has 1 saturated heterocycles. The third kappa shape index (κ3) is 2.69. The molecule has 1 aromatic rings. The van der Waals surface area contributed by atoms with Crippen molar-refractivity contribution < 1.29 is 4.79 Å². The third-order valence-electron chi connectivity index (χ3n) is 2.87. The van der Waals surface area contributed by atoms with Gasteiger partial charge in [-0.2, -0.15) is 0 Å². The fourth-order valence-corrected chi connectivity index (χ4v) is 2.53. The molecule has 0 aromatic carbocycles. The minimum Gasteiger partial charge on any atom is -0.397 e. The van der Waals surface area contributed by atoms with Crippen molar-refractivity contribution in [2.24, 2.45) is 0 Å². The number of nitrogen functional groups attached to an aromatic ring is 1. The van der Waals surface area contributed by atoms with Gasteiger partial charge in [-0.3, -0.25) is 4.79 Å². The lowest BCUT2D eigenvalue weighted by Gasteiger charge is -2.35. The number of halogens is 1. The normalized spacial score (nSPS) is 16.1. The molecule has 0 bridgehead atoms. The Balaban J connectivity index is 2.08. The van der Waals surface area contributed by atoms with Crippen LogP contribution in [0, 0.1) is 0 Å². The first-order valence-corrected chi connectivity index (χ1v) is 6.28. The van der Waals surface area contributed by atoms with Crippen LogP contribution in [0.4, 0.5) is 11.5 Å². The highest BCUT2D eigenvalue weighted by atomic mass is 79.9. The summed E-state index contributed by atoms with van der Waals surface area (Å²) in [4.78, 5) is 19.5. The van der Waals surface area contributed by atoms with Gasteiger partial charge < -0.3 is 15.5 Å². The molecule has 0 aliphatic carbocycles. The van der Waals surface area contributed by atoms with Gasteiger partial charge in [-0.05, 0) is 22.0 Å². The van der Waals surface area contributed by atoms with E-state index < -0.39 is 0 Å². The Hall–Kier alpha value is -1.30. The van der Waals surface area contributed by atoms with E-state index in [0.29, 0.717) is 5.69 Å². The number of nitrogens with zero attached hydrogens (tertiary/aromatic N) is 3. The Kier molecular flexibility index (Phi) is 3.51. The number of hydrogen-bond acceptors (Lipinski definition) is 4. The summed E-state index contributed by atoms with van der Waals surface area (Å²) in [6, 6.07) is 1.85. The third-order valence-corrected chi connectivity index (χ3v) is 3.45. The van der Waals surface area contributed by atoms with Crippen molar-refractivity contribution in [3.8, 4) is 0 Å². The summed E-state index contributed by atoms with van der Waals surface area (Å²) in [5.41, 5.74) is 6.30. The minimum atomic E-state index is 0.133. The van der Waals surface area contributed by atoms with Crippen molar-refractivity contribution >= 4 is 33.3 Å². The lowest BCUT2D eigenvalue weighted by Crippen LogP contribution is -2.48. The fourth-order valence-electron chi connectivity index (χ4n) is 1.91. The molecule has 0 radical (unpaired) electrons. The minimum absolute atomic E-state index is 0.133. The van der Waals surface area contributed by atoms with E-state index in [9.17, 15) is 4.79 Å². The van der Waals surface area contributed by atoms with Crippen LogP contribution in [0.5, 0.6) is 0 Å². The first-order chi connectivity index (χ1) is 8.08. The second-order valence-electron chi connectivity index (χ2n) is 4.07. The molecule has 1 amide bonds. The van der Waals surface area contributed by atoms with Crippen LogP contribution in [0.3, 0.4) is 0 Å². The Morgan fingerprint density at radius 3 is 2.59 bits per heavy atom. The maximum atomic E-state index is 11.2. The molecule has 0 spiro atoms. The number of hydrogen-bond donors (Lipinski definition) is 1. The maximum absolute atomic E-state index is 11.2. The summed E-state index contributed by atoms with van der Waals surface area (Å²) in [5.74, 6) is 1.02. The van der Waals surface area contributed by atoms with Crippen LogP contribution in [-0.4, -0.2) is 42.0 Å². The number of piperazine rings is 1. The fraction of sp³-hybridized carbons (Fsp3) is 0.455. The summed E-state index contributed by atoms with van der Waals surface area (Å²) in [6.07, 6.45) is 1.65. The molecule has 1 aliphatic rings. The Morgan fingerprint density at radius 2 is 2.06 bits per heavy atom. The molecule has 2 N–H and O–H groups in total. The van der Waals surface area contributed by atoms with E-state index in [-0.39, 0.29) is 5.91 Å². The molecule has 5 nitrogen and oxygen atoms in total. The number of rotatable bonds is 1. The molecule has 17 heavy (non-hydrogen) atoms. The number of anilines is 2. The number of carbonyl (C=O) groups excluding carboxylic acids is 1. The second-order valence-corrected chi connectivity index (χ2v) is 4.92. The van der Waals surface area contributed by atoms with Crippen molar-refractivity contribution in [1.82, 2.24) is 9.88 Å². The first kappa shape index (κ1) is 12.2. The molecule has 1 aliphatic heterocycles. The summed E-state index contributed by atoms with van der Waals surface area (Å²) in [7, 11) is 0. The van der Waals surface area contributed by atoms with Gasteiger partial charge in [-0.15, -0.1) is 0 Å². The highest BCUT2D eigenvalue weighted by molar-refractivity contribution is 9.10. The molecular formula is C11H15BrN4O. The average molecular weight is 299 g/mol. The zero-order chi connectivity index (χ0) is 12.4. The van der Waals surface area contributed by atoms with Gasteiger partial charge >= 0.3 is 0 Å². The number of aromatic nitrogens is 1. The van der Waals surface area contributed by atoms with E-state index in [0.717, 1.165) is 36.5 Å². The van der Waals surface area contributed by atoms with Gasteiger partial charge in [-0.25, -0.2) is 4.98 Å². The van der Waals surface area contributed by atoms with Gasteiger partial charge in [0.25, 0.3) is 0 Å². The quantitative estimate of drug-likeness (QED) is 0.843. The molecule has 2 rings (SSSR count). The largest absolute Gasteiger partial charge is 0.397 e. The smallest absolute Gasteiger partial charge is 0.219 e. The van der Waals surface area contributed by atoms with Crippen LogP contribution < -0.4 is 10.6 Å². The molecule has 1 aromatic heterocycles. The standard InChI is InChI=1S/C11H15BrN4O/c1-8(17)15-2-4-16(5-3-15)11-10(12)6-9(13)7-14-11/h6-7H,2-5,13H2,1H3. The van der Waals surface area contributed by atoms with E-state index in [1.807, 2.05) is 11.0 Å². The van der Waals surface area contributed by atoms with Crippen molar-refractivity contribution in [3.05, 3.63) is 16.7 Å². The lowest BCUT2D eigenvalue weighted by molar-refractivity contribution is -0.129. The topological polar surface area (TPSA) is 62.5 Å². The molecule has 0 saturated carbocycles. The Morgan fingerprint density at radius 1 is 1.41 bits per heavy atom. The predicted octanol–water partition coefficient (Wildman–Crippen LogP) is 1.09. The highest BCUT2D eigenvalue weighted by Gasteiger charge is 2.20. The lowest BCUT2D eigenvalue weighted by atomic mass is 10.3. The number of pyridine rings is 1. The molecule has 92 valence electrons. The molecular weight excluding hydrogens is 284 g/mol. The zero-order valence-corrected chi connectivity index (χ0v) is 11.3. The SMILES string of the molecule is CC(=O)N1CCN(c2ncc(N)cc2Br)CC1. The van der Waals surface area contributed by atoms with E-state index in [4.69, 9.17) is 5.73 Å². The highest BCUT2D eigenvalue weighted by Crippen LogP contribution is 2.26. The summed E-state index contributed by atoms with van der Waals surface area (Å²) in [6.45, 7) is 4.69. The molecule has 2 heterocycles. The molecule has 0 unspecified atom stereocenters. The van der Waals surface area contributed by atoms with Gasteiger partial charge in [0.05, 0.1) is 16.4 Å². The monoisotopic (exact) mass is 298 g/mol. The van der Waals surface area contributed by atoms with E-state index >= 15 is 0 Å².